The number of hydrogen-bond donors (Lipinski definition) is 1. The summed E-state index contributed by atoms with van der Waals surface area (Å²) in [5, 5.41) is 12.2. The van der Waals surface area contributed by atoms with Gasteiger partial charge in [0.1, 0.15) is 5.51 Å². The zero-order chi connectivity index (χ0) is 10.5. The zero-order valence-corrected chi connectivity index (χ0v) is 9.83. The number of piperazine rings is 1. The maximum Gasteiger partial charge on any atom is 0.207 e. The van der Waals surface area contributed by atoms with E-state index in [9.17, 15) is 0 Å². The Morgan fingerprint density at radius 1 is 1.53 bits per heavy atom. The molecule has 0 spiro atoms. The van der Waals surface area contributed by atoms with Gasteiger partial charge in [-0.05, 0) is 0 Å². The van der Waals surface area contributed by atoms with Crippen molar-refractivity contribution in [1.29, 1.82) is 0 Å². The van der Waals surface area contributed by atoms with Crippen molar-refractivity contribution in [1.82, 2.24) is 20.4 Å². The Morgan fingerprint density at radius 3 is 3.00 bits per heavy atom. The highest BCUT2D eigenvalue weighted by atomic mass is 32.1. The average molecular weight is 227 g/mol. The molecule has 0 aromatic carbocycles. The van der Waals surface area contributed by atoms with Crippen LogP contribution in [0, 0.1) is 0 Å². The van der Waals surface area contributed by atoms with Gasteiger partial charge in [0.2, 0.25) is 5.13 Å². The Morgan fingerprint density at radius 2 is 2.33 bits per heavy atom. The predicted molar refractivity (Wildman–Crippen MR) is 62.5 cm³/mol. The summed E-state index contributed by atoms with van der Waals surface area (Å²) in [4.78, 5) is 4.65. The lowest BCUT2D eigenvalue weighted by Gasteiger charge is -2.28. The fourth-order valence-corrected chi connectivity index (χ4v) is 2.21. The van der Waals surface area contributed by atoms with Crippen molar-refractivity contribution in [2.24, 2.45) is 0 Å². The smallest absolute Gasteiger partial charge is 0.207 e. The fourth-order valence-electron chi connectivity index (χ4n) is 1.66. The molecule has 15 heavy (non-hydrogen) atoms. The maximum atomic E-state index is 4.04. The third-order valence-electron chi connectivity index (χ3n) is 2.64. The minimum Gasteiger partial charge on any atom is -0.348 e. The molecule has 2 heterocycles. The van der Waals surface area contributed by atoms with Gasteiger partial charge in [0.05, 0.1) is 0 Å². The molecule has 0 atom stereocenters. The second-order valence-corrected chi connectivity index (χ2v) is 4.55. The molecule has 1 aliphatic heterocycles. The minimum absolute atomic E-state index is 1.00. The van der Waals surface area contributed by atoms with Gasteiger partial charge in [-0.25, -0.2) is 0 Å². The monoisotopic (exact) mass is 227 g/mol. The van der Waals surface area contributed by atoms with E-state index in [1.807, 2.05) is 0 Å². The molecule has 84 valence electrons. The van der Waals surface area contributed by atoms with Gasteiger partial charge >= 0.3 is 0 Å². The molecular formula is C9H17N5S. The third-order valence-corrected chi connectivity index (χ3v) is 3.44. The minimum atomic E-state index is 1.00. The number of hydrogen-bond acceptors (Lipinski definition) is 6. The van der Waals surface area contributed by atoms with E-state index in [4.69, 9.17) is 0 Å². The van der Waals surface area contributed by atoms with Crippen LogP contribution in [-0.2, 0) is 0 Å². The molecule has 0 unspecified atom stereocenters. The summed E-state index contributed by atoms with van der Waals surface area (Å²) in [5.41, 5.74) is 1.77. The summed E-state index contributed by atoms with van der Waals surface area (Å²) in [6.45, 7) is 6.67. The molecule has 1 aliphatic rings. The van der Waals surface area contributed by atoms with Crippen LogP contribution in [0.4, 0.5) is 5.13 Å². The first-order valence-corrected chi connectivity index (χ1v) is 6.14. The van der Waals surface area contributed by atoms with Crippen molar-refractivity contribution < 1.29 is 0 Å². The highest BCUT2D eigenvalue weighted by molar-refractivity contribution is 7.13. The highest BCUT2D eigenvalue weighted by Crippen LogP contribution is 2.12. The Hall–Kier alpha value is -0.720. The van der Waals surface area contributed by atoms with Crippen molar-refractivity contribution in [2.45, 2.75) is 0 Å². The third kappa shape index (κ3) is 3.12. The van der Waals surface area contributed by atoms with Crippen LogP contribution in [-0.4, -0.2) is 61.4 Å². The van der Waals surface area contributed by atoms with Crippen LogP contribution in [0.5, 0.6) is 0 Å². The predicted octanol–water partition coefficient (Wildman–Crippen LogP) is -0.121. The number of anilines is 1. The van der Waals surface area contributed by atoms with E-state index in [1.54, 1.807) is 16.8 Å². The molecule has 0 bridgehead atoms. The molecule has 1 aromatic rings. The zero-order valence-electron chi connectivity index (χ0n) is 9.02. The first-order valence-electron chi connectivity index (χ1n) is 5.26. The molecule has 0 aliphatic carbocycles. The summed E-state index contributed by atoms with van der Waals surface area (Å²) in [5.74, 6) is 0. The molecule has 6 heteroatoms. The topological polar surface area (TPSA) is 44.3 Å². The summed E-state index contributed by atoms with van der Waals surface area (Å²) < 4.78 is 0. The van der Waals surface area contributed by atoms with Gasteiger partial charge in [-0.1, -0.05) is 11.3 Å². The Kier molecular flexibility index (Phi) is 3.87. The summed E-state index contributed by atoms with van der Waals surface area (Å²) in [7, 11) is 2.07. The molecule has 5 nitrogen and oxygen atoms in total. The van der Waals surface area contributed by atoms with Crippen LogP contribution in [0.25, 0.3) is 0 Å². The van der Waals surface area contributed by atoms with E-state index >= 15 is 0 Å². The molecule has 0 saturated carbocycles. The van der Waals surface area contributed by atoms with E-state index in [2.05, 4.69) is 32.4 Å². The first kappa shape index (κ1) is 10.8. The average Bonchev–Trinajstić information content (AvgIpc) is 2.81. The highest BCUT2D eigenvalue weighted by Gasteiger charge is 2.11. The molecule has 0 radical (unpaired) electrons. The summed E-state index contributed by atoms with van der Waals surface area (Å²) >= 11 is 1.59. The van der Waals surface area contributed by atoms with Crippen LogP contribution in [0.2, 0.25) is 0 Å². The summed E-state index contributed by atoms with van der Waals surface area (Å²) in [6.07, 6.45) is 0. The van der Waals surface area contributed by atoms with Gasteiger partial charge in [0, 0.05) is 46.3 Å². The van der Waals surface area contributed by atoms with Gasteiger partial charge in [0.15, 0.2) is 0 Å². The van der Waals surface area contributed by atoms with E-state index in [1.165, 1.54) is 0 Å². The Labute approximate surface area is 94.1 Å². The number of aromatic nitrogens is 2. The van der Waals surface area contributed by atoms with Crippen LogP contribution < -0.4 is 10.2 Å². The van der Waals surface area contributed by atoms with Gasteiger partial charge in [-0.3, -0.25) is 4.90 Å². The molecule has 1 N–H and O–H groups in total. The molecular weight excluding hydrogens is 210 g/mol. The first-order chi connectivity index (χ1) is 7.36. The molecule has 0 amide bonds. The molecule has 2 rings (SSSR count). The van der Waals surface area contributed by atoms with Gasteiger partial charge < -0.3 is 10.2 Å². The van der Waals surface area contributed by atoms with Gasteiger partial charge in [-0.2, -0.15) is 0 Å². The molecule has 1 saturated heterocycles. The van der Waals surface area contributed by atoms with Crippen LogP contribution in [0.15, 0.2) is 5.51 Å². The maximum absolute atomic E-state index is 4.04. The van der Waals surface area contributed by atoms with E-state index in [0.717, 1.165) is 44.4 Å². The van der Waals surface area contributed by atoms with Crippen molar-refractivity contribution in [3.63, 3.8) is 0 Å². The largest absolute Gasteiger partial charge is 0.348 e. The van der Waals surface area contributed by atoms with E-state index in [0.29, 0.717) is 0 Å². The molecule has 1 fully saturated rings. The van der Waals surface area contributed by atoms with Crippen LogP contribution in [0.3, 0.4) is 0 Å². The van der Waals surface area contributed by atoms with Crippen LogP contribution >= 0.6 is 11.3 Å². The Bertz CT molecular complexity index is 270. The lowest BCUT2D eigenvalue weighted by molar-refractivity contribution is 0.246. The van der Waals surface area contributed by atoms with E-state index in [-0.39, 0.29) is 0 Å². The quantitative estimate of drug-likeness (QED) is 0.777. The van der Waals surface area contributed by atoms with E-state index < -0.39 is 0 Å². The van der Waals surface area contributed by atoms with Gasteiger partial charge in [0.25, 0.3) is 0 Å². The number of rotatable bonds is 4. The number of nitrogens with one attached hydrogen (secondary N) is 1. The molecule has 1 aromatic heterocycles. The van der Waals surface area contributed by atoms with Crippen molar-refractivity contribution in [3.05, 3.63) is 5.51 Å². The Balaban J connectivity index is 1.73. The van der Waals surface area contributed by atoms with Gasteiger partial charge in [-0.15, -0.1) is 10.2 Å². The van der Waals surface area contributed by atoms with Crippen molar-refractivity contribution in [3.8, 4) is 0 Å². The van der Waals surface area contributed by atoms with Crippen LogP contribution in [0.1, 0.15) is 0 Å². The SMILES string of the molecule is CN(CCN1CCNCC1)c1nncs1. The standard InChI is InChI=1S/C9H17N5S/c1-13(9-12-11-8-15-9)6-7-14-4-2-10-3-5-14/h8,10H,2-7H2,1H3. The lowest BCUT2D eigenvalue weighted by Crippen LogP contribution is -2.46. The van der Waals surface area contributed by atoms with Crippen molar-refractivity contribution in [2.75, 3.05) is 51.2 Å². The summed E-state index contributed by atoms with van der Waals surface area (Å²) in [6, 6.07) is 0. The van der Waals surface area contributed by atoms with Crippen molar-refractivity contribution >= 4 is 16.5 Å². The fraction of sp³-hybridized carbons (Fsp3) is 0.778. The number of nitrogens with zero attached hydrogens (tertiary/aromatic N) is 4. The lowest BCUT2D eigenvalue weighted by atomic mass is 10.3. The second-order valence-electron chi connectivity index (χ2n) is 3.73. The number of likely N-dealkylation sites (N-methyl/N-ethyl adjacent to an activating group) is 1. The second kappa shape index (κ2) is 5.39. The normalized spacial score (nSPS) is 17.9.